The zero-order chi connectivity index (χ0) is 15.5. The number of carbonyl (C=O) groups excluding carboxylic acids is 1. The lowest BCUT2D eigenvalue weighted by molar-refractivity contribution is 0.174. The van der Waals surface area contributed by atoms with E-state index < -0.39 is 11.8 Å². The number of benzene rings is 2. The largest absolute Gasteiger partial charge is 0.454 e. The van der Waals surface area contributed by atoms with Gasteiger partial charge >= 0.3 is 6.03 Å². The van der Waals surface area contributed by atoms with Gasteiger partial charge in [-0.2, -0.15) is 0 Å². The Morgan fingerprint density at radius 1 is 1.18 bits per heavy atom. The van der Waals surface area contributed by atoms with E-state index in [1.807, 2.05) is 19.1 Å². The van der Waals surface area contributed by atoms with Crippen molar-refractivity contribution in [1.82, 2.24) is 5.32 Å². The molecule has 1 aliphatic heterocycles. The van der Waals surface area contributed by atoms with Gasteiger partial charge in [-0.15, -0.1) is 0 Å². The topological polar surface area (TPSA) is 59.6 Å². The highest BCUT2D eigenvalue weighted by molar-refractivity contribution is 5.89. The summed E-state index contributed by atoms with van der Waals surface area (Å²) in [7, 11) is 0. The van der Waals surface area contributed by atoms with E-state index in [0.717, 1.165) is 5.56 Å². The van der Waals surface area contributed by atoms with Gasteiger partial charge in [-0.05, 0) is 42.8 Å². The fraction of sp³-hybridized carbons (Fsp3) is 0.188. The van der Waals surface area contributed by atoms with Crippen LogP contribution in [0.15, 0.2) is 42.5 Å². The third-order valence-electron chi connectivity index (χ3n) is 3.33. The highest BCUT2D eigenvalue weighted by Gasteiger charge is 2.16. The minimum absolute atomic E-state index is 0.209. The van der Waals surface area contributed by atoms with Crippen LogP contribution in [0.4, 0.5) is 14.9 Å². The maximum absolute atomic E-state index is 13.1. The number of urea groups is 1. The van der Waals surface area contributed by atoms with E-state index in [1.165, 1.54) is 18.2 Å². The minimum Gasteiger partial charge on any atom is -0.454 e. The first-order chi connectivity index (χ1) is 10.6. The van der Waals surface area contributed by atoms with Crippen molar-refractivity contribution in [2.75, 3.05) is 12.1 Å². The summed E-state index contributed by atoms with van der Waals surface area (Å²) < 4.78 is 23.6. The van der Waals surface area contributed by atoms with E-state index in [9.17, 15) is 9.18 Å². The van der Waals surface area contributed by atoms with Gasteiger partial charge in [-0.25, -0.2) is 9.18 Å². The Kier molecular flexibility index (Phi) is 3.82. The van der Waals surface area contributed by atoms with Gasteiger partial charge in [0.25, 0.3) is 0 Å². The molecular formula is C16H15FN2O3. The number of fused-ring (bicyclic) bond motifs is 1. The van der Waals surface area contributed by atoms with E-state index in [1.54, 1.807) is 12.1 Å². The normalized spacial score (nSPS) is 13.5. The lowest BCUT2D eigenvalue weighted by atomic mass is 10.1. The van der Waals surface area contributed by atoms with Crippen LogP contribution in [0.1, 0.15) is 18.5 Å². The van der Waals surface area contributed by atoms with Gasteiger partial charge in [0.15, 0.2) is 11.5 Å². The van der Waals surface area contributed by atoms with Crippen LogP contribution >= 0.6 is 0 Å². The van der Waals surface area contributed by atoms with Crippen LogP contribution in [-0.4, -0.2) is 12.8 Å². The molecule has 0 unspecified atom stereocenters. The third kappa shape index (κ3) is 3.11. The summed E-state index contributed by atoms with van der Waals surface area (Å²) in [6.07, 6.45) is 0. The van der Waals surface area contributed by atoms with Crippen LogP contribution in [0.5, 0.6) is 11.5 Å². The summed E-state index contributed by atoms with van der Waals surface area (Å²) >= 11 is 0. The van der Waals surface area contributed by atoms with Crippen LogP contribution in [0.25, 0.3) is 0 Å². The summed E-state index contributed by atoms with van der Waals surface area (Å²) in [5.74, 6) is 0.957. The number of ether oxygens (including phenoxy) is 2. The Morgan fingerprint density at radius 2 is 2.00 bits per heavy atom. The zero-order valence-electron chi connectivity index (χ0n) is 11.9. The molecule has 22 heavy (non-hydrogen) atoms. The standard InChI is InChI=1S/C16H15FN2O3/c1-10(11-5-6-14-15(7-11)22-9-21-14)18-16(20)19-13-4-2-3-12(17)8-13/h2-8,10H,9H2,1H3,(H2,18,19,20)/t10-/m1/s1. The zero-order valence-corrected chi connectivity index (χ0v) is 11.9. The fourth-order valence-electron chi connectivity index (χ4n) is 2.20. The number of carbonyl (C=O) groups is 1. The van der Waals surface area contributed by atoms with Gasteiger partial charge in [-0.1, -0.05) is 12.1 Å². The second-order valence-corrected chi connectivity index (χ2v) is 4.94. The molecule has 0 saturated heterocycles. The number of amides is 2. The lowest BCUT2D eigenvalue weighted by Crippen LogP contribution is -2.31. The first-order valence-corrected chi connectivity index (χ1v) is 6.84. The number of rotatable bonds is 3. The van der Waals surface area contributed by atoms with Crippen molar-refractivity contribution in [3.63, 3.8) is 0 Å². The van der Waals surface area contributed by atoms with Crippen molar-refractivity contribution in [1.29, 1.82) is 0 Å². The number of halogens is 1. The van der Waals surface area contributed by atoms with Crippen molar-refractivity contribution in [2.45, 2.75) is 13.0 Å². The van der Waals surface area contributed by atoms with Crippen LogP contribution < -0.4 is 20.1 Å². The van der Waals surface area contributed by atoms with Crippen molar-refractivity contribution in [2.24, 2.45) is 0 Å². The molecule has 0 radical (unpaired) electrons. The average molecular weight is 302 g/mol. The number of hydrogen-bond acceptors (Lipinski definition) is 3. The quantitative estimate of drug-likeness (QED) is 0.913. The Bertz CT molecular complexity index is 706. The molecular weight excluding hydrogens is 287 g/mol. The number of hydrogen-bond donors (Lipinski definition) is 2. The van der Waals surface area contributed by atoms with Crippen molar-refractivity contribution >= 4 is 11.7 Å². The smallest absolute Gasteiger partial charge is 0.319 e. The molecule has 6 heteroatoms. The van der Waals surface area contributed by atoms with Crippen LogP contribution in [-0.2, 0) is 0 Å². The fourth-order valence-corrected chi connectivity index (χ4v) is 2.20. The number of anilines is 1. The highest BCUT2D eigenvalue weighted by Crippen LogP contribution is 2.34. The van der Waals surface area contributed by atoms with Gasteiger partial charge in [-0.3, -0.25) is 0 Å². The maximum Gasteiger partial charge on any atom is 0.319 e. The molecule has 0 saturated carbocycles. The Balaban J connectivity index is 1.63. The Labute approximate surface area is 127 Å². The van der Waals surface area contributed by atoms with E-state index in [-0.39, 0.29) is 12.8 Å². The third-order valence-corrected chi connectivity index (χ3v) is 3.33. The summed E-state index contributed by atoms with van der Waals surface area (Å²) in [5, 5.41) is 5.38. The Morgan fingerprint density at radius 3 is 2.82 bits per heavy atom. The van der Waals surface area contributed by atoms with Crippen LogP contribution in [0.3, 0.4) is 0 Å². The molecule has 3 rings (SSSR count). The molecule has 0 fully saturated rings. The predicted molar refractivity (Wildman–Crippen MR) is 79.5 cm³/mol. The molecule has 2 aromatic rings. The van der Waals surface area contributed by atoms with E-state index in [0.29, 0.717) is 17.2 Å². The second-order valence-electron chi connectivity index (χ2n) is 4.94. The van der Waals surface area contributed by atoms with E-state index in [4.69, 9.17) is 9.47 Å². The molecule has 2 N–H and O–H groups in total. The van der Waals surface area contributed by atoms with Gasteiger partial charge in [0, 0.05) is 5.69 Å². The summed E-state index contributed by atoms with van der Waals surface area (Å²) in [6, 6.07) is 10.6. The molecule has 0 spiro atoms. The molecule has 2 aromatic carbocycles. The molecule has 0 aromatic heterocycles. The molecule has 5 nitrogen and oxygen atoms in total. The summed E-state index contributed by atoms with van der Waals surface area (Å²) in [4.78, 5) is 11.9. The lowest BCUT2D eigenvalue weighted by Gasteiger charge is -2.15. The van der Waals surface area contributed by atoms with Gasteiger partial charge in [0.2, 0.25) is 6.79 Å². The second kappa shape index (κ2) is 5.93. The SMILES string of the molecule is C[C@@H](NC(=O)Nc1cccc(F)c1)c1ccc2c(c1)OCO2. The molecule has 114 valence electrons. The molecule has 2 amide bonds. The van der Waals surface area contributed by atoms with Crippen LogP contribution in [0.2, 0.25) is 0 Å². The van der Waals surface area contributed by atoms with Crippen molar-refractivity contribution < 1.29 is 18.7 Å². The minimum atomic E-state index is -0.407. The Hall–Kier alpha value is -2.76. The molecule has 1 atom stereocenters. The van der Waals surface area contributed by atoms with E-state index in [2.05, 4.69) is 10.6 Å². The first kappa shape index (κ1) is 14.2. The van der Waals surface area contributed by atoms with Crippen molar-refractivity contribution in [3.05, 3.63) is 53.8 Å². The maximum atomic E-state index is 13.1. The average Bonchev–Trinajstić information content (AvgIpc) is 2.94. The van der Waals surface area contributed by atoms with Crippen LogP contribution in [0, 0.1) is 5.82 Å². The van der Waals surface area contributed by atoms with Gasteiger partial charge in [0.05, 0.1) is 6.04 Å². The molecule has 1 heterocycles. The molecule has 0 bridgehead atoms. The summed E-state index contributed by atoms with van der Waals surface area (Å²) in [6.45, 7) is 2.06. The van der Waals surface area contributed by atoms with Crippen molar-refractivity contribution in [3.8, 4) is 11.5 Å². The van der Waals surface area contributed by atoms with E-state index >= 15 is 0 Å². The molecule has 1 aliphatic rings. The predicted octanol–water partition coefficient (Wildman–Crippen LogP) is 3.44. The monoisotopic (exact) mass is 302 g/mol. The van der Waals surface area contributed by atoms with Gasteiger partial charge < -0.3 is 20.1 Å². The molecule has 0 aliphatic carbocycles. The number of nitrogens with one attached hydrogen (secondary N) is 2. The highest BCUT2D eigenvalue weighted by atomic mass is 19.1. The summed E-state index contributed by atoms with van der Waals surface area (Å²) in [5.41, 5.74) is 1.29. The van der Waals surface area contributed by atoms with Gasteiger partial charge in [0.1, 0.15) is 5.82 Å². The first-order valence-electron chi connectivity index (χ1n) is 6.84.